The molecule has 10 nitrogen and oxygen atoms in total. The predicted molar refractivity (Wildman–Crippen MR) is 140 cm³/mol. The lowest BCUT2D eigenvalue weighted by Gasteiger charge is -2.21. The number of aromatic nitrogens is 2. The molecule has 2 aliphatic rings. The van der Waals surface area contributed by atoms with Crippen molar-refractivity contribution in [3.05, 3.63) is 59.9 Å². The van der Waals surface area contributed by atoms with Gasteiger partial charge in [-0.25, -0.2) is 18.4 Å². The summed E-state index contributed by atoms with van der Waals surface area (Å²) in [6.45, 7) is -0.372. The average Bonchev–Trinajstić information content (AvgIpc) is 3.51. The van der Waals surface area contributed by atoms with Crippen LogP contribution in [0.2, 0.25) is 0 Å². The van der Waals surface area contributed by atoms with Crippen molar-refractivity contribution in [2.45, 2.75) is 67.1 Å². The third kappa shape index (κ3) is 6.21. The summed E-state index contributed by atoms with van der Waals surface area (Å²) in [4.78, 5) is 21.7. The maximum absolute atomic E-state index is 13.3. The van der Waals surface area contributed by atoms with E-state index in [1.54, 1.807) is 30.3 Å². The number of benzene rings is 1. The zero-order valence-corrected chi connectivity index (χ0v) is 22.2. The molecule has 0 aliphatic heterocycles. The van der Waals surface area contributed by atoms with E-state index in [2.05, 4.69) is 15.3 Å². The number of carbonyl (C=O) groups excluding carboxylic acids is 1. The fourth-order valence-corrected chi connectivity index (χ4v) is 6.53. The van der Waals surface area contributed by atoms with Gasteiger partial charge in [-0.05, 0) is 49.4 Å². The largest absolute Gasteiger partial charge is 0.445 e. The third-order valence-electron chi connectivity index (χ3n) is 6.56. The minimum absolute atomic E-state index is 0.0180. The van der Waals surface area contributed by atoms with Gasteiger partial charge in [0.2, 0.25) is 5.06 Å². The summed E-state index contributed by atoms with van der Waals surface area (Å²) in [5, 5.41) is 22.0. The Labute approximate surface area is 224 Å². The molecule has 0 radical (unpaired) electrons. The Morgan fingerprint density at radius 1 is 1.03 bits per heavy atom. The first-order valence-electron chi connectivity index (χ1n) is 12.5. The number of aliphatic hydroxyl groups excluding tert-OH is 2. The molecule has 0 saturated heterocycles. The number of aliphatic hydroxyl groups is 2. The number of hydrogen-bond acceptors (Lipinski definition) is 10. The number of hydrogen-bond donors (Lipinski definition) is 3. The van der Waals surface area contributed by atoms with E-state index in [1.165, 1.54) is 18.5 Å². The van der Waals surface area contributed by atoms with E-state index in [9.17, 15) is 18.3 Å². The molecule has 2 aliphatic carbocycles. The van der Waals surface area contributed by atoms with Crippen molar-refractivity contribution in [3.8, 4) is 10.8 Å². The summed E-state index contributed by atoms with van der Waals surface area (Å²) in [6.07, 6.45) is 5.98. The summed E-state index contributed by atoms with van der Waals surface area (Å²) >= 11 is 1.14. The molecule has 12 heteroatoms. The van der Waals surface area contributed by atoms with Crippen LogP contribution in [0.4, 0.5) is 5.13 Å². The maximum Gasteiger partial charge on any atom is 0.259 e. The lowest BCUT2D eigenvalue weighted by Crippen LogP contribution is -2.27. The van der Waals surface area contributed by atoms with Crippen LogP contribution in [0.25, 0.3) is 0 Å². The topological polar surface area (TPSA) is 148 Å². The molecule has 5 rings (SSSR count). The second-order valence-corrected chi connectivity index (χ2v) is 12.6. The van der Waals surface area contributed by atoms with E-state index < -0.39 is 28.0 Å². The van der Waals surface area contributed by atoms with Crippen LogP contribution in [0.5, 0.6) is 10.8 Å². The van der Waals surface area contributed by atoms with Gasteiger partial charge in [0.05, 0.1) is 24.2 Å². The molecule has 0 spiro atoms. The Balaban J connectivity index is 1.28. The first-order valence-corrected chi connectivity index (χ1v) is 14.9. The first kappa shape index (κ1) is 26.7. The quantitative estimate of drug-likeness (QED) is 0.318. The first-order chi connectivity index (χ1) is 18.3. The van der Waals surface area contributed by atoms with E-state index in [0.29, 0.717) is 39.9 Å². The number of nitrogens with one attached hydrogen (secondary N) is 1. The molecule has 2 atom stereocenters. The molecule has 3 N–H and O–H groups in total. The highest BCUT2D eigenvalue weighted by atomic mass is 32.2. The van der Waals surface area contributed by atoms with E-state index in [0.717, 1.165) is 37.0 Å². The van der Waals surface area contributed by atoms with Crippen LogP contribution < -0.4 is 10.1 Å². The fraction of sp³-hybridized carbons (Fsp3) is 0.423. The van der Waals surface area contributed by atoms with E-state index in [-0.39, 0.29) is 23.0 Å². The van der Waals surface area contributed by atoms with Crippen LogP contribution in [-0.4, -0.2) is 52.5 Å². The molecule has 2 saturated carbocycles. The zero-order chi connectivity index (χ0) is 26.7. The van der Waals surface area contributed by atoms with Gasteiger partial charge in [-0.2, -0.15) is 0 Å². The minimum atomic E-state index is -3.43. The second-order valence-electron chi connectivity index (χ2n) is 9.44. The molecular weight excluding hydrogens is 530 g/mol. The molecular formula is C26H29N3O7S2. The Hall–Kier alpha value is -2.90. The van der Waals surface area contributed by atoms with Gasteiger partial charge in [-0.1, -0.05) is 42.4 Å². The molecule has 2 aromatic heterocycles. The van der Waals surface area contributed by atoms with Gasteiger partial charge in [0.1, 0.15) is 11.9 Å². The van der Waals surface area contributed by atoms with Gasteiger partial charge in [-0.3, -0.25) is 10.1 Å². The van der Waals surface area contributed by atoms with E-state index in [4.69, 9.17) is 14.6 Å². The number of thiazole rings is 1. The van der Waals surface area contributed by atoms with E-state index in [1.807, 2.05) is 0 Å². The van der Waals surface area contributed by atoms with Crippen molar-refractivity contribution < 1.29 is 32.9 Å². The van der Waals surface area contributed by atoms with Crippen LogP contribution in [0.1, 0.15) is 61.9 Å². The van der Waals surface area contributed by atoms with Crippen molar-refractivity contribution in [2.75, 3.05) is 11.9 Å². The molecule has 0 bridgehead atoms. The Bertz CT molecular complexity index is 1350. The van der Waals surface area contributed by atoms with Crippen LogP contribution >= 0.6 is 11.3 Å². The minimum Gasteiger partial charge on any atom is -0.445 e. The van der Waals surface area contributed by atoms with Gasteiger partial charge >= 0.3 is 0 Å². The third-order valence-corrected chi connectivity index (χ3v) is 9.52. The molecule has 1 aromatic carbocycles. The number of anilines is 1. The monoisotopic (exact) mass is 559 g/mol. The van der Waals surface area contributed by atoms with Gasteiger partial charge in [0.25, 0.3) is 5.91 Å². The van der Waals surface area contributed by atoms with Crippen molar-refractivity contribution in [1.82, 2.24) is 9.97 Å². The second kappa shape index (κ2) is 11.5. The highest BCUT2D eigenvalue weighted by Gasteiger charge is 2.38. The maximum atomic E-state index is 13.3. The number of sulfone groups is 1. The summed E-state index contributed by atoms with van der Waals surface area (Å²) in [5.41, 5.74) is 1.04. The molecule has 2 unspecified atom stereocenters. The molecule has 2 fully saturated rings. The molecule has 1 amide bonds. The highest BCUT2D eigenvalue weighted by Crippen LogP contribution is 2.35. The van der Waals surface area contributed by atoms with Crippen molar-refractivity contribution in [2.24, 2.45) is 0 Å². The highest BCUT2D eigenvalue weighted by molar-refractivity contribution is 7.92. The Morgan fingerprint density at radius 2 is 1.74 bits per heavy atom. The molecule has 202 valence electrons. The SMILES string of the molecule is O=C(Nc1ncc(Oc2ccc(C(O)CO)cc2)s1)C(OC1CCCC1)c1ccc(S(=O)(=O)C2CC2)nc1. The Morgan fingerprint density at radius 3 is 2.37 bits per heavy atom. The summed E-state index contributed by atoms with van der Waals surface area (Å²) < 4.78 is 37.0. The van der Waals surface area contributed by atoms with Crippen molar-refractivity contribution in [1.29, 1.82) is 0 Å². The normalized spacial score (nSPS) is 17.7. The van der Waals surface area contributed by atoms with Crippen LogP contribution in [0, 0.1) is 0 Å². The predicted octanol–water partition coefficient (Wildman–Crippen LogP) is 3.93. The number of carbonyl (C=O) groups is 1. The van der Waals surface area contributed by atoms with Crippen molar-refractivity contribution in [3.63, 3.8) is 0 Å². The summed E-state index contributed by atoms with van der Waals surface area (Å²) in [6, 6.07) is 9.67. The zero-order valence-electron chi connectivity index (χ0n) is 20.5. The molecule has 38 heavy (non-hydrogen) atoms. The van der Waals surface area contributed by atoms with Gasteiger partial charge in [0, 0.05) is 11.8 Å². The van der Waals surface area contributed by atoms with Crippen LogP contribution in [-0.2, 0) is 19.4 Å². The number of ether oxygens (including phenoxy) is 2. The summed E-state index contributed by atoms with van der Waals surface area (Å²) in [7, 11) is -3.43. The smallest absolute Gasteiger partial charge is 0.259 e. The molecule has 2 heterocycles. The fourth-order valence-electron chi connectivity index (χ4n) is 4.29. The standard InChI is InChI=1S/C26H29N3O7S2/c30-15-21(31)16-5-8-19(9-6-16)35-23-14-28-26(37-23)29-25(32)24(36-18-3-1-2-4-18)17-7-12-22(27-13-17)38(33,34)20-10-11-20/h5-9,12-14,18,20-21,24,30-31H,1-4,10-11,15H2,(H,28,29,32). The van der Waals surface area contributed by atoms with Crippen LogP contribution in [0.3, 0.4) is 0 Å². The number of rotatable bonds is 11. The number of nitrogens with zero attached hydrogens (tertiary/aromatic N) is 2. The lowest BCUT2D eigenvalue weighted by molar-refractivity contribution is -0.131. The Kier molecular flexibility index (Phi) is 8.05. The van der Waals surface area contributed by atoms with Gasteiger partial charge in [0.15, 0.2) is 26.1 Å². The number of amides is 1. The summed E-state index contributed by atoms with van der Waals surface area (Å²) in [5.74, 6) is 0.0786. The average molecular weight is 560 g/mol. The van der Waals surface area contributed by atoms with Crippen LogP contribution in [0.15, 0.2) is 53.8 Å². The van der Waals surface area contributed by atoms with Crippen molar-refractivity contribution >= 4 is 32.2 Å². The lowest BCUT2D eigenvalue weighted by atomic mass is 10.1. The van der Waals surface area contributed by atoms with E-state index >= 15 is 0 Å². The van der Waals surface area contributed by atoms with Gasteiger partial charge < -0.3 is 19.7 Å². The van der Waals surface area contributed by atoms with Gasteiger partial charge in [-0.15, -0.1) is 0 Å². The number of pyridine rings is 1. The molecule has 3 aromatic rings.